The van der Waals surface area contributed by atoms with Crippen molar-refractivity contribution in [2.75, 3.05) is 0 Å². The first-order valence-electron chi connectivity index (χ1n) is 17.6. The van der Waals surface area contributed by atoms with Gasteiger partial charge in [-0.1, -0.05) is 134 Å². The quantitative estimate of drug-likeness (QED) is 0.0692. The minimum atomic E-state index is -0.236. The summed E-state index contributed by atoms with van der Waals surface area (Å²) in [7, 11) is 0. The van der Waals surface area contributed by atoms with Crippen molar-refractivity contribution in [2.45, 2.75) is 91.1 Å². The fourth-order valence-electron chi connectivity index (χ4n) is 5.92. The van der Waals surface area contributed by atoms with Gasteiger partial charge < -0.3 is 4.79 Å². The molecule has 6 nitrogen and oxygen atoms in total. The Hall–Kier alpha value is -4.78. The van der Waals surface area contributed by atoms with E-state index in [1.165, 1.54) is 22.3 Å². The number of carbonyl (C=O) groups excluding carboxylic acids is 4. The predicted molar refractivity (Wildman–Crippen MR) is 202 cm³/mol. The van der Waals surface area contributed by atoms with Gasteiger partial charge in [0.05, 0.1) is 12.1 Å². The molecule has 2 atom stereocenters. The maximum Gasteiger partial charge on any atom is 0.155 e. The van der Waals surface area contributed by atoms with Crippen LogP contribution < -0.4 is 0 Å². The number of allylic oxidation sites excluding steroid dienone is 2. The fraction of sp³-hybridized carbons (Fsp3) is 0.318. The zero-order valence-electron chi connectivity index (χ0n) is 29.8. The van der Waals surface area contributed by atoms with Gasteiger partial charge in [0.1, 0.15) is 17.9 Å². The molecule has 0 radical (unpaired) electrons. The molecule has 0 saturated heterocycles. The topological polar surface area (TPSA) is 74.8 Å². The van der Waals surface area contributed by atoms with E-state index in [2.05, 4.69) is 58.3 Å². The van der Waals surface area contributed by atoms with Crippen LogP contribution in [0.15, 0.2) is 133 Å². The molecule has 4 rings (SSSR count). The standard InChI is InChI=1S/C24H29NO2.C20H23NO2/c1-3-23(27)16-10-11-17-24(20(2)26)25(18-21-12-6-4-7-13-21)19-22-14-8-5-9-15-22;1-17(23)20(13-8-14-22)21(15-18-9-4-2-5-10-18)16-19-11-6-3-7-12-19/h4-10,12-16,24H,3,11,17-19H2,1-2H3;2-7,9-12,14,20H,8,13,15-16H2,1H3/b16-10+;/t24-;20-/m11/s1. The van der Waals surface area contributed by atoms with Crippen molar-refractivity contribution >= 4 is 23.6 Å². The summed E-state index contributed by atoms with van der Waals surface area (Å²) in [6.07, 6.45) is 7.34. The number of hydrogen-bond donors (Lipinski definition) is 0. The van der Waals surface area contributed by atoms with Crippen molar-refractivity contribution in [3.8, 4) is 0 Å². The summed E-state index contributed by atoms with van der Waals surface area (Å²) in [6, 6.07) is 40.3. The summed E-state index contributed by atoms with van der Waals surface area (Å²) < 4.78 is 0. The van der Waals surface area contributed by atoms with Crippen LogP contribution in [0.3, 0.4) is 0 Å². The number of nitrogens with zero attached hydrogens (tertiary/aromatic N) is 2. The minimum absolute atomic E-state index is 0.110. The van der Waals surface area contributed by atoms with Gasteiger partial charge in [-0.3, -0.25) is 24.2 Å². The molecule has 0 amide bonds. The van der Waals surface area contributed by atoms with E-state index in [-0.39, 0.29) is 29.4 Å². The van der Waals surface area contributed by atoms with E-state index in [1.807, 2.05) is 85.8 Å². The van der Waals surface area contributed by atoms with Gasteiger partial charge in [0.2, 0.25) is 0 Å². The SMILES string of the molecule is CC(=O)[C@@H](CCC=O)N(Cc1ccccc1)Cc1ccccc1.CCC(=O)/C=C/CC[C@H](C(C)=O)N(Cc1ccccc1)Cc1ccccc1. The van der Waals surface area contributed by atoms with Crippen molar-refractivity contribution in [3.63, 3.8) is 0 Å². The van der Waals surface area contributed by atoms with Gasteiger partial charge in [-0.2, -0.15) is 0 Å². The number of ketones is 3. The minimum Gasteiger partial charge on any atom is -0.303 e. The first-order chi connectivity index (χ1) is 24.3. The van der Waals surface area contributed by atoms with Crippen LogP contribution in [0.5, 0.6) is 0 Å². The summed E-state index contributed by atoms with van der Waals surface area (Å²) >= 11 is 0. The highest BCUT2D eigenvalue weighted by atomic mass is 16.1. The van der Waals surface area contributed by atoms with Crippen molar-refractivity contribution in [2.24, 2.45) is 0 Å². The third kappa shape index (κ3) is 14.8. The Balaban J connectivity index is 0.000000274. The highest BCUT2D eigenvalue weighted by Crippen LogP contribution is 2.19. The Morgan fingerprint density at radius 1 is 0.540 bits per heavy atom. The van der Waals surface area contributed by atoms with Crippen LogP contribution in [-0.2, 0) is 45.4 Å². The predicted octanol–water partition coefficient (Wildman–Crippen LogP) is 8.59. The molecule has 0 unspecified atom stereocenters. The van der Waals surface area contributed by atoms with E-state index in [9.17, 15) is 19.2 Å². The molecule has 6 heteroatoms. The molecule has 4 aromatic carbocycles. The highest BCUT2D eigenvalue weighted by molar-refractivity contribution is 5.89. The van der Waals surface area contributed by atoms with Gasteiger partial charge in [0.15, 0.2) is 5.78 Å². The lowest BCUT2D eigenvalue weighted by atomic mass is 10.0. The van der Waals surface area contributed by atoms with E-state index < -0.39 is 0 Å². The number of hydrogen-bond acceptors (Lipinski definition) is 6. The van der Waals surface area contributed by atoms with E-state index in [1.54, 1.807) is 19.9 Å². The molecule has 0 bridgehead atoms. The highest BCUT2D eigenvalue weighted by Gasteiger charge is 2.24. The molecule has 0 heterocycles. The van der Waals surface area contributed by atoms with Crippen LogP contribution in [0.4, 0.5) is 0 Å². The second kappa shape index (κ2) is 22.8. The average Bonchev–Trinajstić information content (AvgIpc) is 3.13. The molecule has 0 fully saturated rings. The average molecular weight is 673 g/mol. The van der Waals surface area contributed by atoms with Gasteiger partial charge in [-0.15, -0.1) is 0 Å². The van der Waals surface area contributed by atoms with Crippen LogP contribution in [0.2, 0.25) is 0 Å². The second-order valence-corrected chi connectivity index (χ2v) is 12.5. The number of Topliss-reactive ketones (excluding diaryl/α,β-unsaturated/α-hetero) is 2. The Morgan fingerprint density at radius 2 is 0.860 bits per heavy atom. The number of aldehydes is 1. The maximum absolute atomic E-state index is 12.4. The molecule has 0 aliphatic heterocycles. The van der Waals surface area contributed by atoms with Crippen LogP contribution in [0.25, 0.3) is 0 Å². The van der Waals surface area contributed by atoms with Gasteiger partial charge >= 0.3 is 0 Å². The van der Waals surface area contributed by atoms with E-state index in [0.717, 1.165) is 25.8 Å². The summed E-state index contributed by atoms with van der Waals surface area (Å²) in [5, 5.41) is 0. The van der Waals surface area contributed by atoms with Crippen molar-refractivity contribution in [3.05, 3.63) is 156 Å². The largest absolute Gasteiger partial charge is 0.303 e. The van der Waals surface area contributed by atoms with Crippen molar-refractivity contribution in [1.82, 2.24) is 9.80 Å². The molecular formula is C44H52N2O4. The Bertz CT molecular complexity index is 1510. The normalized spacial score (nSPS) is 12.3. The Morgan fingerprint density at radius 3 is 1.14 bits per heavy atom. The van der Waals surface area contributed by atoms with E-state index >= 15 is 0 Å². The van der Waals surface area contributed by atoms with Gasteiger partial charge in [0.25, 0.3) is 0 Å². The van der Waals surface area contributed by atoms with Crippen molar-refractivity contribution in [1.29, 1.82) is 0 Å². The number of carbonyl (C=O) groups is 4. The lowest BCUT2D eigenvalue weighted by Crippen LogP contribution is -2.39. The molecule has 0 aliphatic rings. The molecule has 0 saturated carbocycles. The summed E-state index contributed by atoms with van der Waals surface area (Å²) in [5.74, 6) is 0.399. The van der Waals surface area contributed by atoms with Crippen LogP contribution in [0, 0.1) is 0 Å². The second-order valence-electron chi connectivity index (χ2n) is 12.5. The summed E-state index contributed by atoms with van der Waals surface area (Å²) in [4.78, 5) is 51.1. The molecule has 0 aromatic heterocycles. The van der Waals surface area contributed by atoms with Crippen LogP contribution in [0.1, 0.15) is 75.1 Å². The summed E-state index contributed by atoms with van der Waals surface area (Å²) in [5.41, 5.74) is 4.72. The lowest BCUT2D eigenvalue weighted by Gasteiger charge is -2.30. The first-order valence-corrected chi connectivity index (χ1v) is 17.6. The van der Waals surface area contributed by atoms with Gasteiger partial charge in [-0.25, -0.2) is 0 Å². The van der Waals surface area contributed by atoms with Gasteiger partial charge in [0, 0.05) is 39.0 Å². The molecule has 4 aromatic rings. The van der Waals surface area contributed by atoms with Crippen LogP contribution in [-0.4, -0.2) is 45.5 Å². The van der Waals surface area contributed by atoms with E-state index in [4.69, 9.17) is 0 Å². The smallest absolute Gasteiger partial charge is 0.155 e. The molecule has 0 spiro atoms. The third-order valence-electron chi connectivity index (χ3n) is 8.55. The van der Waals surface area contributed by atoms with Crippen molar-refractivity contribution < 1.29 is 19.2 Å². The molecule has 262 valence electrons. The number of benzene rings is 4. The van der Waals surface area contributed by atoms with Crippen LogP contribution >= 0.6 is 0 Å². The zero-order valence-corrected chi connectivity index (χ0v) is 29.8. The van der Waals surface area contributed by atoms with Gasteiger partial charge in [-0.05, 0) is 61.4 Å². The number of rotatable bonds is 20. The van der Waals surface area contributed by atoms with E-state index in [0.29, 0.717) is 38.8 Å². The first kappa shape index (κ1) is 39.7. The fourth-order valence-corrected chi connectivity index (χ4v) is 5.92. The third-order valence-corrected chi connectivity index (χ3v) is 8.55. The Kier molecular flexibility index (Phi) is 18.1. The molecular weight excluding hydrogens is 620 g/mol. The molecule has 50 heavy (non-hydrogen) atoms. The monoisotopic (exact) mass is 672 g/mol. The maximum atomic E-state index is 12.4. The zero-order chi connectivity index (χ0) is 36.0. The molecule has 0 aliphatic carbocycles. The summed E-state index contributed by atoms with van der Waals surface area (Å²) in [6.45, 7) is 7.95. The molecule has 0 N–H and O–H groups in total. The Labute approximate surface area is 298 Å². The lowest BCUT2D eigenvalue weighted by molar-refractivity contribution is -0.124.